The third kappa shape index (κ3) is 8.68. The third-order valence-corrected chi connectivity index (χ3v) is 4.93. The summed E-state index contributed by atoms with van der Waals surface area (Å²) >= 11 is 0. The smallest absolute Gasteiger partial charge is 0.328 e. The van der Waals surface area contributed by atoms with Gasteiger partial charge in [-0.1, -0.05) is 62.9 Å². The van der Waals surface area contributed by atoms with Crippen LogP contribution in [0.2, 0.25) is 0 Å². The summed E-state index contributed by atoms with van der Waals surface area (Å²) < 4.78 is 4.82. The predicted molar refractivity (Wildman–Crippen MR) is 124 cm³/mol. The van der Waals surface area contributed by atoms with E-state index in [1.807, 2.05) is 30.3 Å². The number of carbonyl (C=O) groups excluding carboxylic acids is 2. The van der Waals surface area contributed by atoms with Crippen LogP contribution in [-0.2, 0) is 16.0 Å². The fraction of sp³-hybridized carbons (Fsp3) is 0.417. The Labute approximate surface area is 184 Å². The predicted octanol–water partition coefficient (Wildman–Crippen LogP) is 4.45. The summed E-state index contributed by atoms with van der Waals surface area (Å²) in [7, 11) is 1.28. The van der Waals surface area contributed by atoms with Crippen molar-refractivity contribution in [3.8, 4) is 5.75 Å². The topological polar surface area (TPSA) is 123 Å². The molecule has 0 aliphatic carbocycles. The molecular weight excluding hydrogens is 394 g/mol. The highest BCUT2D eigenvalue weighted by Gasteiger charge is 2.24. The van der Waals surface area contributed by atoms with E-state index in [0.717, 1.165) is 24.2 Å². The Hall–Kier alpha value is -3.06. The molecule has 2 aromatic rings. The number of phenolic OH excluding ortho intramolecular Hbond substituents is 1. The summed E-state index contributed by atoms with van der Waals surface area (Å²) in [6.07, 6.45) is 6.23. The van der Waals surface area contributed by atoms with E-state index < -0.39 is 17.9 Å². The fourth-order valence-corrected chi connectivity index (χ4v) is 3.22. The monoisotopic (exact) mass is 429 g/mol. The molecule has 0 aromatic heterocycles. The second-order valence-corrected chi connectivity index (χ2v) is 7.31. The second kappa shape index (κ2) is 14.0. The first-order valence-corrected chi connectivity index (χ1v) is 10.5. The van der Waals surface area contributed by atoms with Crippen LogP contribution < -0.4 is 16.8 Å². The Morgan fingerprint density at radius 1 is 1.03 bits per heavy atom. The zero-order valence-electron chi connectivity index (χ0n) is 18.5. The van der Waals surface area contributed by atoms with Crippen LogP contribution in [0.1, 0.15) is 54.9 Å². The number of unbranched alkanes of at least 4 members (excludes halogenated alkanes) is 4. The number of phenols is 1. The van der Waals surface area contributed by atoms with Gasteiger partial charge in [0.2, 0.25) is 0 Å². The minimum Gasteiger partial charge on any atom is -0.507 e. The standard InChI is InChI=1S/C24H32N2O4.H3N/c1-3-4-5-6-10-15-25-19-13-14-20(22(27)17-19)23(28)26-21(24(29)30-2)16-18-11-8-7-9-12-18;/h7-9,11-14,17,21,25,27H,3-6,10,15-16H2,1-2H3,(H,26,28);1H3/t21-;/m0./s1. The molecule has 170 valence electrons. The highest BCUT2D eigenvalue weighted by Crippen LogP contribution is 2.22. The molecule has 0 bridgehead atoms. The Kier molecular flexibility index (Phi) is 11.8. The van der Waals surface area contributed by atoms with Gasteiger partial charge in [-0.2, -0.15) is 0 Å². The Morgan fingerprint density at radius 2 is 1.74 bits per heavy atom. The maximum absolute atomic E-state index is 12.7. The van der Waals surface area contributed by atoms with Crippen LogP contribution >= 0.6 is 0 Å². The maximum Gasteiger partial charge on any atom is 0.328 e. The second-order valence-electron chi connectivity index (χ2n) is 7.31. The first-order chi connectivity index (χ1) is 14.5. The molecule has 2 rings (SSSR count). The summed E-state index contributed by atoms with van der Waals surface area (Å²) in [5, 5.41) is 16.3. The van der Waals surface area contributed by atoms with Crippen molar-refractivity contribution < 1.29 is 19.4 Å². The van der Waals surface area contributed by atoms with Crippen molar-refractivity contribution in [2.45, 2.75) is 51.5 Å². The Bertz CT molecular complexity index is 812. The normalized spacial score (nSPS) is 11.2. The molecule has 6 N–H and O–H groups in total. The number of hydrogen-bond donors (Lipinski definition) is 4. The van der Waals surface area contributed by atoms with Gasteiger partial charge in [-0.3, -0.25) is 4.79 Å². The summed E-state index contributed by atoms with van der Waals surface area (Å²) in [5.41, 5.74) is 1.77. The van der Waals surface area contributed by atoms with Crippen LogP contribution in [0.4, 0.5) is 5.69 Å². The van der Waals surface area contributed by atoms with Gasteiger partial charge in [0.05, 0.1) is 12.7 Å². The molecule has 2 aromatic carbocycles. The van der Waals surface area contributed by atoms with Crippen LogP contribution in [0.3, 0.4) is 0 Å². The van der Waals surface area contributed by atoms with Gasteiger partial charge in [0.15, 0.2) is 0 Å². The van der Waals surface area contributed by atoms with Crippen molar-refractivity contribution in [1.29, 1.82) is 0 Å². The van der Waals surface area contributed by atoms with E-state index in [-0.39, 0.29) is 17.5 Å². The van der Waals surface area contributed by atoms with E-state index >= 15 is 0 Å². The van der Waals surface area contributed by atoms with Gasteiger partial charge in [-0.15, -0.1) is 0 Å². The van der Waals surface area contributed by atoms with E-state index in [2.05, 4.69) is 17.6 Å². The van der Waals surface area contributed by atoms with Gasteiger partial charge in [0.25, 0.3) is 5.91 Å². The van der Waals surface area contributed by atoms with E-state index in [4.69, 9.17) is 4.74 Å². The van der Waals surface area contributed by atoms with E-state index in [9.17, 15) is 14.7 Å². The van der Waals surface area contributed by atoms with Crippen molar-refractivity contribution >= 4 is 17.6 Å². The lowest BCUT2D eigenvalue weighted by Gasteiger charge is -2.17. The van der Waals surface area contributed by atoms with Gasteiger partial charge in [-0.05, 0) is 24.1 Å². The summed E-state index contributed by atoms with van der Waals surface area (Å²) in [6.45, 7) is 3.00. The molecule has 0 fully saturated rings. The maximum atomic E-state index is 12.7. The van der Waals surface area contributed by atoms with E-state index in [1.165, 1.54) is 38.9 Å². The zero-order valence-corrected chi connectivity index (χ0v) is 18.5. The fourth-order valence-electron chi connectivity index (χ4n) is 3.22. The van der Waals surface area contributed by atoms with Crippen molar-refractivity contribution in [2.24, 2.45) is 0 Å². The van der Waals surface area contributed by atoms with Crippen molar-refractivity contribution in [3.63, 3.8) is 0 Å². The molecule has 0 saturated carbocycles. The molecule has 0 aliphatic rings. The molecule has 0 aliphatic heterocycles. The molecule has 1 atom stereocenters. The van der Waals surface area contributed by atoms with Crippen molar-refractivity contribution in [3.05, 3.63) is 59.7 Å². The Morgan fingerprint density at radius 3 is 2.39 bits per heavy atom. The summed E-state index contributed by atoms with van der Waals surface area (Å²) in [5.74, 6) is -1.19. The Balaban J connectivity index is 0.00000480. The number of esters is 1. The lowest BCUT2D eigenvalue weighted by Crippen LogP contribution is -2.43. The average Bonchev–Trinajstić information content (AvgIpc) is 2.75. The van der Waals surface area contributed by atoms with Crippen molar-refractivity contribution in [1.82, 2.24) is 11.5 Å². The van der Waals surface area contributed by atoms with Gasteiger partial charge in [-0.25, -0.2) is 4.79 Å². The quantitative estimate of drug-likeness (QED) is 0.292. The number of aromatic hydroxyl groups is 1. The minimum atomic E-state index is -0.842. The lowest BCUT2D eigenvalue weighted by molar-refractivity contribution is -0.142. The van der Waals surface area contributed by atoms with Crippen molar-refractivity contribution in [2.75, 3.05) is 19.0 Å². The van der Waals surface area contributed by atoms with Gasteiger partial charge < -0.3 is 26.6 Å². The first kappa shape index (κ1) is 26.0. The zero-order chi connectivity index (χ0) is 21.8. The number of benzene rings is 2. The van der Waals surface area contributed by atoms with Gasteiger partial charge >= 0.3 is 5.97 Å². The number of rotatable bonds is 12. The lowest BCUT2D eigenvalue weighted by atomic mass is 10.1. The molecule has 7 heteroatoms. The molecule has 0 radical (unpaired) electrons. The number of ether oxygens (including phenoxy) is 1. The molecule has 0 spiro atoms. The highest BCUT2D eigenvalue weighted by atomic mass is 16.5. The summed E-state index contributed by atoms with van der Waals surface area (Å²) in [6, 6.07) is 13.4. The number of carbonyl (C=O) groups is 2. The first-order valence-electron chi connectivity index (χ1n) is 10.5. The van der Waals surface area contributed by atoms with Crippen LogP contribution in [0.15, 0.2) is 48.5 Å². The van der Waals surface area contributed by atoms with Gasteiger partial charge in [0, 0.05) is 24.7 Å². The molecule has 0 unspecified atom stereocenters. The average molecular weight is 430 g/mol. The van der Waals surface area contributed by atoms with Crippen LogP contribution in [-0.4, -0.2) is 36.7 Å². The number of nitrogens with one attached hydrogen (secondary N) is 2. The summed E-state index contributed by atoms with van der Waals surface area (Å²) in [4.78, 5) is 24.8. The molecular formula is C24H35N3O4. The largest absolute Gasteiger partial charge is 0.507 e. The highest BCUT2D eigenvalue weighted by molar-refractivity contribution is 5.99. The molecule has 0 saturated heterocycles. The minimum absolute atomic E-state index is 0. The molecule has 0 heterocycles. The number of hydrogen-bond acceptors (Lipinski definition) is 6. The van der Waals surface area contributed by atoms with Crippen LogP contribution in [0, 0.1) is 0 Å². The molecule has 7 nitrogen and oxygen atoms in total. The molecule has 1 amide bonds. The van der Waals surface area contributed by atoms with Crippen LogP contribution in [0.5, 0.6) is 5.75 Å². The van der Waals surface area contributed by atoms with Crippen LogP contribution in [0.25, 0.3) is 0 Å². The number of amides is 1. The number of anilines is 1. The third-order valence-electron chi connectivity index (χ3n) is 4.93. The van der Waals surface area contributed by atoms with E-state index in [0.29, 0.717) is 6.42 Å². The SMILES string of the molecule is CCCCCCCNc1ccc(C(=O)N[C@@H](Cc2ccccc2)C(=O)OC)c(O)c1.N. The molecule has 31 heavy (non-hydrogen) atoms. The van der Waals surface area contributed by atoms with Gasteiger partial charge in [0.1, 0.15) is 11.8 Å². The number of methoxy groups -OCH3 is 1. The van der Waals surface area contributed by atoms with E-state index in [1.54, 1.807) is 12.1 Å².